The van der Waals surface area contributed by atoms with Crippen LogP contribution in [0, 0.1) is 0 Å². The lowest BCUT2D eigenvalue weighted by Gasteiger charge is -2.28. The molecule has 1 aromatic heterocycles. The predicted molar refractivity (Wildman–Crippen MR) is 110 cm³/mol. The molecule has 1 amide bonds. The van der Waals surface area contributed by atoms with E-state index >= 15 is 0 Å². The zero-order valence-electron chi connectivity index (χ0n) is 15.2. The molecule has 4 rings (SSSR count). The van der Waals surface area contributed by atoms with Gasteiger partial charge >= 0.3 is 0 Å². The number of hydrogen-bond acceptors (Lipinski definition) is 7. The van der Waals surface area contributed by atoms with Gasteiger partial charge in [-0.1, -0.05) is 11.3 Å². The second-order valence-electron chi connectivity index (χ2n) is 6.52. The predicted octanol–water partition coefficient (Wildman–Crippen LogP) is 2.79. The Bertz CT molecular complexity index is 1120. The van der Waals surface area contributed by atoms with Gasteiger partial charge in [-0.25, -0.2) is 13.4 Å². The molecule has 9 heteroatoms. The van der Waals surface area contributed by atoms with E-state index in [0.29, 0.717) is 34.1 Å². The molecule has 0 bridgehead atoms. The Morgan fingerprint density at radius 1 is 1.14 bits per heavy atom. The summed E-state index contributed by atoms with van der Waals surface area (Å²) in [6, 6.07) is 12.2. The van der Waals surface area contributed by atoms with E-state index in [4.69, 9.17) is 4.74 Å². The van der Waals surface area contributed by atoms with Gasteiger partial charge in [0.25, 0.3) is 5.91 Å². The summed E-state index contributed by atoms with van der Waals surface area (Å²) in [6.07, 6.45) is 1.17. The van der Waals surface area contributed by atoms with E-state index in [1.54, 1.807) is 24.3 Å². The number of thiazole rings is 1. The summed E-state index contributed by atoms with van der Waals surface area (Å²) in [5.41, 5.74) is 2.25. The number of benzene rings is 2. The Labute approximate surface area is 166 Å². The van der Waals surface area contributed by atoms with Gasteiger partial charge in [0.2, 0.25) is 0 Å². The van der Waals surface area contributed by atoms with Crippen LogP contribution < -0.4 is 10.2 Å². The first-order chi connectivity index (χ1) is 13.4. The summed E-state index contributed by atoms with van der Waals surface area (Å²) in [5, 5.41) is 3.22. The number of nitrogens with one attached hydrogen (secondary N) is 1. The van der Waals surface area contributed by atoms with Gasteiger partial charge in [0, 0.05) is 30.6 Å². The van der Waals surface area contributed by atoms with Crippen molar-refractivity contribution in [2.75, 3.05) is 42.8 Å². The summed E-state index contributed by atoms with van der Waals surface area (Å²) in [4.78, 5) is 19.3. The minimum atomic E-state index is -3.28. The molecule has 146 valence electrons. The van der Waals surface area contributed by atoms with Gasteiger partial charge in [0.15, 0.2) is 15.0 Å². The molecule has 2 heterocycles. The molecule has 1 fully saturated rings. The lowest BCUT2D eigenvalue weighted by Crippen LogP contribution is -2.36. The first-order valence-corrected chi connectivity index (χ1v) is 11.5. The summed E-state index contributed by atoms with van der Waals surface area (Å²) in [5.74, 6) is -0.254. The van der Waals surface area contributed by atoms with Gasteiger partial charge in [-0.15, -0.1) is 0 Å². The zero-order chi connectivity index (χ0) is 19.7. The van der Waals surface area contributed by atoms with Gasteiger partial charge in [-0.3, -0.25) is 10.1 Å². The zero-order valence-corrected chi connectivity index (χ0v) is 16.8. The third-order valence-electron chi connectivity index (χ3n) is 4.51. The molecule has 0 aliphatic carbocycles. The molecule has 3 aromatic rings. The van der Waals surface area contributed by atoms with Gasteiger partial charge in [-0.05, 0) is 42.5 Å². The minimum Gasteiger partial charge on any atom is -0.378 e. The lowest BCUT2D eigenvalue weighted by atomic mass is 10.2. The smallest absolute Gasteiger partial charge is 0.257 e. The molecule has 0 atom stereocenters. The number of carbonyl (C=O) groups is 1. The number of anilines is 2. The van der Waals surface area contributed by atoms with Crippen molar-refractivity contribution in [1.82, 2.24) is 4.98 Å². The molecular weight excluding hydrogens is 398 g/mol. The molecule has 2 aromatic carbocycles. The number of nitrogens with zero attached hydrogens (tertiary/aromatic N) is 2. The number of ether oxygens (including phenoxy) is 1. The normalized spacial score (nSPS) is 15.0. The van der Waals surface area contributed by atoms with Gasteiger partial charge < -0.3 is 9.64 Å². The third-order valence-corrected chi connectivity index (χ3v) is 6.56. The summed E-state index contributed by atoms with van der Waals surface area (Å²) < 4.78 is 29.4. The van der Waals surface area contributed by atoms with E-state index in [-0.39, 0.29) is 10.8 Å². The van der Waals surface area contributed by atoms with Crippen molar-refractivity contribution in [2.45, 2.75) is 4.90 Å². The van der Waals surface area contributed by atoms with E-state index in [9.17, 15) is 13.2 Å². The Morgan fingerprint density at radius 2 is 1.86 bits per heavy atom. The van der Waals surface area contributed by atoms with E-state index in [1.165, 1.54) is 23.7 Å². The summed E-state index contributed by atoms with van der Waals surface area (Å²) >= 11 is 1.25. The molecule has 7 nitrogen and oxygen atoms in total. The van der Waals surface area contributed by atoms with Crippen molar-refractivity contribution in [1.29, 1.82) is 0 Å². The van der Waals surface area contributed by atoms with Crippen molar-refractivity contribution in [2.24, 2.45) is 0 Å². The first-order valence-electron chi connectivity index (χ1n) is 8.75. The van der Waals surface area contributed by atoms with Gasteiger partial charge in [-0.2, -0.15) is 0 Å². The average molecular weight is 418 g/mol. The highest BCUT2D eigenvalue weighted by molar-refractivity contribution is 7.90. The van der Waals surface area contributed by atoms with Crippen molar-refractivity contribution >= 4 is 48.1 Å². The van der Waals surface area contributed by atoms with Crippen molar-refractivity contribution in [3.63, 3.8) is 0 Å². The Hall–Kier alpha value is -2.49. The molecule has 1 aliphatic heterocycles. The van der Waals surface area contributed by atoms with Crippen molar-refractivity contribution in [3.05, 3.63) is 48.0 Å². The first kappa shape index (κ1) is 18.9. The second kappa shape index (κ2) is 7.50. The van der Waals surface area contributed by atoms with E-state index in [2.05, 4.69) is 15.2 Å². The van der Waals surface area contributed by atoms with Crippen molar-refractivity contribution in [3.8, 4) is 0 Å². The van der Waals surface area contributed by atoms with Crippen LogP contribution in [0.3, 0.4) is 0 Å². The quantitative estimate of drug-likeness (QED) is 0.702. The van der Waals surface area contributed by atoms with Gasteiger partial charge in [0.05, 0.1) is 28.3 Å². The molecule has 0 saturated carbocycles. The fraction of sp³-hybridized carbons (Fsp3) is 0.263. The van der Waals surface area contributed by atoms with Crippen LogP contribution >= 0.6 is 11.3 Å². The molecule has 0 unspecified atom stereocenters. The van der Waals surface area contributed by atoms with E-state index < -0.39 is 9.84 Å². The van der Waals surface area contributed by atoms with Crippen LogP contribution in [0.1, 0.15) is 10.4 Å². The summed E-state index contributed by atoms with van der Waals surface area (Å²) in [7, 11) is -3.28. The molecule has 1 N–H and O–H groups in total. The molecule has 0 radical (unpaired) electrons. The average Bonchev–Trinajstić information content (AvgIpc) is 3.09. The Balaban J connectivity index is 1.50. The Morgan fingerprint density at radius 3 is 2.54 bits per heavy atom. The molecule has 28 heavy (non-hydrogen) atoms. The SMILES string of the molecule is CS(=O)(=O)c1ccc2nc(NC(=O)c3ccc(N4CCOCC4)cc3)sc2c1. The third kappa shape index (κ3) is 4.01. The molecule has 0 spiro atoms. The summed E-state index contributed by atoms with van der Waals surface area (Å²) in [6.45, 7) is 3.10. The highest BCUT2D eigenvalue weighted by atomic mass is 32.2. The number of fused-ring (bicyclic) bond motifs is 1. The topological polar surface area (TPSA) is 88.6 Å². The maximum atomic E-state index is 12.5. The fourth-order valence-corrected chi connectivity index (χ4v) is 4.63. The maximum absolute atomic E-state index is 12.5. The van der Waals surface area contributed by atoms with Crippen LogP contribution in [-0.2, 0) is 14.6 Å². The highest BCUT2D eigenvalue weighted by Crippen LogP contribution is 2.28. The maximum Gasteiger partial charge on any atom is 0.257 e. The number of hydrogen-bond donors (Lipinski definition) is 1. The fourth-order valence-electron chi connectivity index (χ4n) is 3.00. The second-order valence-corrected chi connectivity index (χ2v) is 9.57. The molecule has 1 saturated heterocycles. The van der Waals surface area contributed by atoms with Crippen LogP contribution in [0.2, 0.25) is 0 Å². The minimum absolute atomic E-state index is 0.236. The standard InChI is InChI=1S/C19H19N3O4S2/c1-28(24,25)15-6-7-16-17(12-15)27-19(20-16)21-18(23)13-2-4-14(5-3-13)22-8-10-26-11-9-22/h2-7,12H,8-11H2,1H3,(H,20,21,23). The highest BCUT2D eigenvalue weighted by Gasteiger charge is 2.15. The van der Waals surface area contributed by atoms with Gasteiger partial charge in [0.1, 0.15) is 0 Å². The van der Waals surface area contributed by atoms with E-state index in [0.717, 1.165) is 18.8 Å². The number of aromatic nitrogens is 1. The monoisotopic (exact) mass is 417 g/mol. The largest absolute Gasteiger partial charge is 0.378 e. The van der Waals surface area contributed by atoms with E-state index in [1.807, 2.05) is 12.1 Å². The van der Waals surface area contributed by atoms with Crippen LogP contribution in [0.25, 0.3) is 10.2 Å². The lowest BCUT2D eigenvalue weighted by molar-refractivity contribution is 0.102. The number of carbonyl (C=O) groups excluding carboxylic acids is 1. The van der Waals surface area contributed by atoms with Crippen molar-refractivity contribution < 1.29 is 17.9 Å². The molecule has 1 aliphatic rings. The Kier molecular flexibility index (Phi) is 5.05. The number of rotatable bonds is 4. The number of sulfone groups is 1. The number of amides is 1. The molecular formula is C19H19N3O4S2. The van der Waals surface area contributed by atoms with Crippen LogP contribution in [0.15, 0.2) is 47.4 Å². The van der Waals surface area contributed by atoms with Crippen LogP contribution in [-0.4, -0.2) is 51.9 Å². The van der Waals surface area contributed by atoms with Crippen LogP contribution in [0.5, 0.6) is 0 Å². The number of morpholine rings is 1. The van der Waals surface area contributed by atoms with Crippen LogP contribution in [0.4, 0.5) is 10.8 Å².